The molecule has 1 saturated heterocycles. The first kappa shape index (κ1) is 18.4. The SMILES string of the molecule is CC(NC(=O)c1cc(NCCN2CCOCC2)ccn1)c1ccccc1. The predicted octanol–water partition coefficient (Wildman–Crippen LogP) is 2.32. The van der Waals surface area contributed by atoms with E-state index in [1.54, 1.807) is 12.3 Å². The highest BCUT2D eigenvalue weighted by molar-refractivity contribution is 5.93. The molecule has 1 unspecified atom stereocenters. The van der Waals surface area contributed by atoms with E-state index in [4.69, 9.17) is 4.74 Å². The number of ether oxygens (including phenoxy) is 1. The summed E-state index contributed by atoms with van der Waals surface area (Å²) in [5.74, 6) is -0.168. The molecule has 0 radical (unpaired) electrons. The Morgan fingerprint density at radius 3 is 2.77 bits per heavy atom. The molecule has 2 aromatic rings. The molecule has 1 fully saturated rings. The van der Waals surface area contributed by atoms with Crippen LogP contribution in [0.2, 0.25) is 0 Å². The van der Waals surface area contributed by atoms with Crippen LogP contribution in [0.3, 0.4) is 0 Å². The maximum atomic E-state index is 12.5. The predicted molar refractivity (Wildman–Crippen MR) is 102 cm³/mol. The van der Waals surface area contributed by atoms with Crippen LogP contribution < -0.4 is 10.6 Å². The van der Waals surface area contributed by atoms with E-state index in [-0.39, 0.29) is 11.9 Å². The van der Waals surface area contributed by atoms with E-state index < -0.39 is 0 Å². The van der Waals surface area contributed by atoms with Crippen molar-refractivity contribution in [3.05, 3.63) is 59.9 Å². The number of aromatic nitrogens is 1. The zero-order valence-corrected chi connectivity index (χ0v) is 15.1. The molecule has 1 aromatic carbocycles. The van der Waals surface area contributed by atoms with E-state index in [0.29, 0.717) is 5.69 Å². The number of amides is 1. The summed E-state index contributed by atoms with van der Waals surface area (Å²) in [5.41, 5.74) is 2.40. The Kier molecular flexibility index (Phi) is 6.57. The maximum absolute atomic E-state index is 12.5. The molecule has 6 heteroatoms. The van der Waals surface area contributed by atoms with Gasteiger partial charge in [-0.1, -0.05) is 30.3 Å². The summed E-state index contributed by atoms with van der Waals surface area (Å²) >= 11 is 0. The molecule has 1 aliphatic rings. The summed E-state index contributed by atoms with van der Waals surface area (Å²) in [6.45, 7) is 7.31. The number of carbonyl (C=O) groups is 1. The minimum Gasteiger partial charge on any atom is -0.384 e. The number of anilines is 1. The summed E-state index contributed by atoms with van der Waals surface area (Å²) in [6, 6.07) is 13.5. The standard InChI is InChI=1S/C20H26N4O2/c1-16(17-5-3-2-4-6-17)23-20(25)19-15-18(7-8-22-19)21-9-10-24-11-13-26-14-12-24/h2-8,15-16H,9-14H2,1H3,(H,21,22)(H,23,25). The normalized spacial score (nSPS) is 16.0. The number of carbonyl (C=O) groups excluding carboxylic acids is 1. The van der Waals surface area contributed by atoms with Crippen molar-refractivity contribution in [1.82, 2.24) is 15.2 Å². The molecule has 3 rings (SSSR count). The van der Waals surface area contributed by atoms with Crippen LogP contribution in [0.5, 0.6) is 0 Å². The molecular formula is C20H26N4O2. The van der Waals surface area contributed by atoms with Crippen molar-refractivity contribution >= 4 is 11.6 Å². The molecule has 2 heterocycles. The topological polar surface area (TPSA) is 66.5 Å². The first-order valence-electron chi connectivity index (χ1n) is 9.08. The molecule has 1 aliphatic heterocycles. The van der Waals surface area contributed by atoms with Crippen molar-refractivity contribution in [2.75, 3.05) is 44.7 Å². The number of rotatable bonds is 7. The number of nitrogens with zero attached hydrogens (tertiary/aromatic N) is 2. The van der Waals surface area contributed by atoms with Gasteiger partial charge >= 0.3 is 0 Å². The van der Waals surface area contributed by atoms with E-state index in [0.717, 1.165) is 50.6 Å². The first-order valence-corrected chi connectivity index (χ1v) is 9.08. The lowest BCUT2D eigenvalue weighted by Gasteiger charge is -2.26. The van der Waals surface area contributed by atoms with Crippen molar-refractivity contribution < 1.29 is 9.53 Å². The Morgan fingerprint density at radius 1 is 1.23 bits per heavy atom. The minimum atomic E-state index is -0.168. The number of hydrogen-bond acceptors (Lipinski definition) is 5. The molecule has 1 amide bonds. The zero-order chi connectivity index (χ0) is 18.2. The number of pyridine rings is 1. The van der Waals surface area contributed by atoms with Crippen LogP contribution in [0.4, 0.5) is 5.69 Å². The molecule has 0 bridgehead atoms. The van der Waals surface area contributed by atoms with Crippen LogP contribution in [-0.2, 0) is 4.74 Å². The van der Waals surface area contributed by atoms with Crippen molar-refractivity contribution in [3.63, 3.8) is 0 Å². The third kappa shape index (κ3) is 5.28. The van der Waals surface area contributed by atoms with Gasteiger partial charge in [0.15, 0.2) is 0 Å². The van der Waals surface area contributed by atoms with Gasteiger partial charge in [-0.25, -0.2) is 0 Å². The number of hydrogen-bond donors (Lipinski definition) is 2. The second-order valence-electron chi connectivity index (χ2n) is 6.42. The van der Waals surface area contributed by atoms with Gasteiger partial charge in [-0.3, -0.25) is 14.7 Å². The Balaban J connectivity index is 1.51. The van der Waals surface area contributed by atoms with Crippen LogP contribution in [0, 0.1) is 0 Å². The van der Waals surface area contributed by atoms with E-state index in [9.17, 15) is 4.79 Å². The molecule has 1 aromatic heterocycles. The highest BCUT2D eigenvalue weighted by atomic mass is 16.5. The van der Waals surface area contributed by atoms with Gasteiger partial charge in [0.05, 0.1) is 19.3 Å². The van der Waals surface area contributed by atoms with Gasteiger partial charge in [-0.2, -0.15) is 0 Å². The molecule has 6 nitrogen and oxygen atoms in total. The van der Waals surface area contributed by atoms with Gasteiger partial charge in [-0.15, -0.1) is 0 Å². The fourth-order valence-electron chi connectivity index (χ4n) is 2.94. The Labute approximate surface area is 154 Å². The van der Waals surface area contributed by atoms with Crippen LogP contribution in [0.15, 0.2) is 48.7 Å². The first-order chi connectivity index (χ1) is 12.7. The molecular weight excluding hydrogens is 328 g/mol. The second-order valence-corrected chi connectivity index (χ2v) is 6.42. The molecule has 2 N–H and O–H groups in total. The van der Waals surface area contributed by atoms with E-state index >= 15 is 0 Å². The van der Waals surface area contributed by atoms with Gasteiger partial charge in [0, 0.05) is 38.1 Å². The lowest BCUT2D eigenvalue weighted by Crippen LogP contribution is -2.39. The second kappa shape index (κ2) is 9.31. The third-order valence-corrected chi connectivity index (χ3v) is 4.50. The quantitative estimate of drug-likeness (QED) is 0.799. The Morgan fingerprint density at radius 2 is 2.00 bits per heavy atom. The van der Waals surface area contributed by atoms with Crippen molar-refractivity contribution in [1.29, 1.82) is 0 Å². The maximum Gasteiger partial charge on any atom is 0.270 e. The zero-order valence-electron chi connectivity index (χ0n) is 15.1. The monoisotopic (exact) mass is 354 g/mol. The number of nitrogens with one attached hydrogen (secondary N) is 2. The fourth-order valence-corrected chi connectivity index (χ4v) is 2.94. The van der Waals surface area contributed by atoms with E-state index in [2.05, 4.69) is 20.5 Å². The summed E-state index contributed by atoms with van der Waals surface area (Å²) in [6.07, 6.45) is 1.67. The van der Waals surface area contributed by atoms with E-state index in [1.807, 2.05) is 43.3 Å². The van der Waals surface area contributed by atoms with Crippen molar-refractivity contribution in [3.8, 4) is 0 Å². The fraction of sp³-hybridized carbons (Fsp3) is 0.400. The van der Waals surface area contributed by atoms with Gasteiger partial charge in [0.25, 0.3) is 5.91 Å². The highest BCUT2D eigenvalue weighted by Crippen LogP contribution is 2.13. The summed E-state index contributed by atoms with van der Waals surface area (Å²) in [4.78, 5) is 19.1. The lowest BCUT2D eigenvalue weighted by molar-refractivity contribution is 0.0398. The van der Waals surface area contributed by atoms with Crippen LogP contribution in [0.1, 0.15) is 29.0 Å². The number of morpholine rings is 1. The molecule has 26 heavy (non-hydrogen) atoms. The summed E-state index contributed by atoms with van der Waals surface area (Å²) in [7, 11) is 0. The minimum absolute atomic E-state index is 0.0663. The van der Waals surface area contributed by atoms with E-state index in [1.165, 1.54) is 0 Å². The number of benzene rings is 1. The van der Waals surface area contributed by atoms with Gasteiger partial charge < -0.3 is 15.4 Å². The Hall–Kier alpha value is -2.44. The summed E-state index contributed by atoms with van der Waals surface area (Å²) in [5, 5.41) is 6.37. The summed E-state index contributed by atoms with van der Waals surface area (Å²) < 4.78 is 5.36. The van der Waals surface area contributed by atoms with Gasteiger partial charge in [0.1, 0.15) is 5.69 Å². The highest BCUT2D eigenvalue weighted by Gasteiger charge is 2.13. The van der Waals surface area contributed by atoms with Crippen molar-refractivity contribution in [2.24, 2.45) is 0 Å². The van der Waals surface area contributed by atoms with Crippen LogP contribution in [-0.4, -0.2) is 55.2 Å². The lowest BCUT2D eigenvalue weighted by atomic mass is 10.1. The van der Waals surface area contributed by atoms with Crippen LogP contribution >= 0.6 is 0 Å². The van der Waals surface area contributed by atoms with Gasteiger partial charge in [-0.05, 0) is 24.6 Å². The third-order valence-electron chi connectivity index (χ3n) is 4.50. The molecule has 0 aliphatic carbocycles. The molecule has 0 spiro atoms. The largest absolute Gasteiger partial charge is 0.384 e. The molecule has 1 atom stereocenters. The smallest absolute Gasteiger partial charge is 0.270 e. The van der Waals surface area contributed by atoms with Gasteiger partial charge in [0.2, 0.25) is 0 Å². The van der Waals surface area contributed by atoms with Crippen molar-refractivity contribution in [2.45, 2.75) is 13.0 Å². The molecule has 0 saturated carbocycles. The molecule has 138 valence electrons. The average Bonchev–Trinajstić information content (AvgIpc) is 2.69. The van der Waals surface area contributed by atoms with Crippen LogP contribution in [0.25, 0.3) is 0 Å². The average molecular weight is 354 g/mol. The Bertz CT molecular complexity index is 702.